The molecule has 0 aliphatic rings. The van der Waals surface area contributed by atoms with Gasteiger partial charge in [0.05, 0.1) is 12.7 Å². The van der Waals surface area contributed by atoms with Gasteiger partial charge in [0.2, 0.25) is 0 Å². The first-order chi connectivity index (χ1) is 8.61. The summed E-state index contributed by atoms with van der Waals surface area (Å²) in [5.41, 5.74) is 1.10. The molecule has 0 aliphatic heterocycles. The summed E-state index contributed by atoms with van der Waals surface area (Å²) in [7, 11) is 0. The van der Waals surface area contributed by atoms with E-state index in [9.17, 15) is 9.50 Å². The van der Waals surface area contributed by atoms with Gasteiger partial charge < -0.3 is 14.7 Å². The highest BCUT2D eigenvalue weighted by Gasteiger charge is 2.17. The second-order valence-corrected chi connectivity index (χ2v) is 4.13. The van der Waals surface area contributed by atoms with Gasteiger partial charge in [-0.2, -0.15) is 0 Å². The molecule has 0 saturated carbocycles. The molecule has 1 aromatic rings. The van der Waals surface area contributed by atoms with E-state index < -0.39 is 6.10 Å². The summed E-state index contributed by atoms with van der Waals surface area (Å²) in [5, 5.41) is 9.70. The number of likely N-dealkylation sites (N-methyl/N-ethyl adjacent to an activating group) is 1. The van der Waals surface area contributed by atoms with Crippen molar-refractivity contribution in [1.82, 2.24) is 0 Å². The molecular weight excluding hydrogens is 233 g/mol. The zero-order valence-corrected chi connectivity index (χ0v) is 11.3. The van der Waals surface area contributed by atoms with Crippen LogP contribution < -0.4 is 4.90 Å². The van der Waals surface area contributed by atoms with Crippen LogP contribution in [0.4, 0.5) is 10.1 Å². The van der Waals surface area contributed by atoms with E-state index in [0.29, 0.717) is 25.3 Å². The fourth-order valence-electron chi connectivity index (χ4n) is 1.98. The number of rotatable bonds is 7. The molecule has 0 fully saturated rings. The van der Waals surface area contributed by atoms with Gasteiger partial charge in [-0.05, 0) is 32.9 Å². The van der Waals surface area contributed by atoms with Crippen molar-refractivity contribution in [1.29, 1.82) is 0 Å². The standard InChI is InChI=1S/C14H22FNO2/c1-4-16(9-10-18-5-2)13-8-6-7-12(15)14(13)11(3)17/h6-8,11,17H,4-5,9-10H2,1-3H3/t11-/m1/s1. The lowest BCUT2D eigenvalue weighted by atomic mass is 10.1. The molecule has 1 atom stereocenters. The highest BCUT2D eigenvalue weighted by atomic mass is 19.1. The lowest BCUT2D eigenvalue weighted by Crippen LogP contribution is -2.28. The Morgan fingerprint density at radius 3 is 2.67 bits per heavy atom. The first-order valence-corrected chi connectivity index (χ1v) is 6.40. The first-order valence-electron chi connectivity index (χ1n) is 6.40. The number of hydrogen-bond acceptors (Lipinski definition) is 3. The van der Waals surface area contributed by atoms with E-state index in [2.05, 4.69) is 0 Å². The number of halogens is 1. The van der Waals surface area contributed by atoms with E-state index in [-0.39, 0.29) is 5.82 Å². The summed E-state index contributed by atoms with van der Waals surface area (Å²) >= 11 is 0. The Hall–Kier alpha value is -1.13. The van der Waals surface area contributed by atoms with Gasteiger partial charge in [-0.25, -0.2) is 4.39 Å². The summed E-state index contributed by atoms with van der Waals surface area (Å²) in [6.45, 7) is 8.23. The fourth-order valence-corrected chi connectivity index (χ4v) is 1.98. The number of aliphatic hydroxyl groups is 1. The van der Waals surface area contributed by atoms with Crippen molar-refractivity contribution in [3.63, 3.8) is 0 Å². The molecule has 102 valence electrons. The van der Waals surface area contributed by atoms with E-state index in [0.717, 1.165) is 12.2 Å². The van der Waals surface area contributed by atoms with Crippen molar-refractivity contribution in [2.45, 2.75) is 26.9 Å². The molecule has 1 N–H and O–H groups in total. The molecule has 1 aromatic carbocycles. The van der Waals surface area contributed by atoms with Gasteiger partial charge in [0.25, 0.3) is 0 Å². The van der Waals surface area contributed by atoms with Crippen LogP contribution in [-0.2, 0) is 4.74 Å². The molecule has 0 heterocycles. The summed E-state index contributed by atoms with van der Waals surface area (Å²) in [6, 6.07) is 4.88. The van der Waals surface area contributed by atoms with Crippen LogP contribution in [0.1, 0.15) is 32.4 Å². The van der Waals surface area contributed by atoms with E-state index >= 15 is 0 Å². The summed E-state index contributed by atoms with van der Waals surface area (Å²) in [4.78, 5) is 2.01. The van der Waals surface area contributed by atoms with Crippen molar-refractivity contribution in [3.8, 4) is 0 Å². The lowest BCUT2D eigenvalue weighted by molar-refractivity contribution is 0.153. The van der Waals surface area contributed by atoms with Gasteiger partial charge in [0, 0.05) is 30.9 Å². The monoisotopic (exact) mass is 255 g/mol. The van der Waals surface area contributed by atoms with Crippen molar-refractivity contribution in [2.75, 3.05) is 31.2 Å². The minimum Gasteiger partial charge on any atom is -0.389 e. The number of nitrogens with zero attached hydrogens (tertiary/aromatic N) is 1. The molecule has 0 aliphatic carbocycles. The average Bonchev–Trinajstić information content (AvgIpc) is 2.34. The zero-order valence-electron chi connectivity index (χ0n) is 11.3. The van der Waals surface area contributed by atoms with Crippen LogP contribution in [0.5, 0.6) is 0 Å². The lowest BCUT2D eigenvalue weighted by Gasteiger charge is -2.26. The average molecular weight is 255 g/mol. The van der Waals surface area contributed by atoms with Crippen molar-refractivity contribution in [2.24, 2.45) is 0 Å². The van der Waals surface area contributed by atoms with Crippen LogP contribution >= 0.6 is 0 Å². The Balaban J connectivity index is 2.94. The second kappa shape index (κ2) is 7.34. The van der Waals surface area contributed by atoms with Crippen molar-refractivity contribution in [3.05, 3.63) is 29.6 Å². The molecule has 1 rings (SSSR count). The third-order valence-corrected chi connectivity index (χ3v) is 2.88. The Morgan fingerprint density at radius 1 is 1.39 bits per heavy atom. The van der Waals surface area contributed by atoms with E-state index in [1.54, 1.807) is 13.0 Å². The first kappa shape index (κ1) is 14.9. The van der Waals surface area contributed by atoms with Crippen molar-refractivity contribution < 1.29 is 14.2 Å². The largest absolute Gasteiger partial charge is 0.389 e. The molecule has 0 saturated heterocycles. The number of benzene rings is 1. The van der Waals surface area contributed by atoms with Crippen LogP contribution in [0, 0.1) is 5.82 Å². The van der Waals surface area contributed by atoms with Gasteiger partial charge in [-0.3, -0.25) is 0 Å². The van der Waals surface area contributed by atoms with Gasteiger partial charge in [0.1, 0.15) is 5.82 Å². The zero-order chi connectivity index (χ0) is 13.5. The Morgan fingerprint density at radius 2 is 2.11 bits per heavy atom. The molecule has 0 amide bonds. The predicted octanol–water partition coefficient (Wildman–Crippen LogP) is 2.74. The van der Waals surface area contributed by atoms with Crippen LogP contribution in [0.2, 0.25) is 0 Å². The molecule has 0 aromatic heterocycles. The van der Waals surface area contributed by atoms with E-state index in [4.69, 9.17) is 4.74 Å². The summed E-state index contributed by atoms with van der Waals surface area (Å²) in [5.74, 6) is -0.364. The van der Waals surface area contributed by atoms with Gasteiger partial charge in [-0.15, -0.1) is 0 Å². The summed E-state index contributed by atoms with van der Waals surface area (Å²) in [6.07, 6.45) is -0.817. The van der Waals surface area contributed by atoms with E-state index in [1.165, 1.54) is 6.07 Å². The van der Waals surface area contributed by atoms with Gasteiger partial charge in [-0.1, -0.05) is 6.07 Å². The predicted molar refractivity (Wildman–Crippen MR) is 71.4 cm³/mol. The molecule has 3 nitrogen and oxygen atoms in total. The quantitative estimate of drug-likeness (QED) is 0.760. The number of hydrogen-bond donors (Lipinski definition) is 1. The molecule has 0 spiro atoms. The van der Waals surface area contributed by atoms with Crippen LogP contribution in [0.25, 0.3) is 0 Å². The highest BCUT2D eigenvalue weighted by Crippen LogP contribution is 2.28. The number of ether oxygens (including phenoxy) is 1. The molecule has 0 bridgehead atoms. The second-order valence-electron chi connectivity index (χ2n) is 4.13. The molecular formula is C14H22FNO2. The number of aliphatic hydroxyl groups excluding tert-OH is 1. The molecule has 4 heteroatoms. The van der Waals surface area contributed by atoms with Crippen LogP contribution in [0.15, 0.2) is 18.2 Å². The van der Waals surface area contributed by atoms with Gasteiger partial charge in [0.15, 0.2) is 0 Å². The number of anilines is 1. The van der Waals surface area contributed by atoms with Gasteiger partial charge >= 0.3 is 0 Å². The Kier molecular flexibility index (Phi) is 6.09. The van der Waals surface area contributed by atoms with Crippen LogP contribution in [0.3, 0.4) is 0 Å². The van der Waals surface area contributed by atoms with E-state index in [1.807, 2.05) is 24.8 Å². The topological polar surface area (TPSA) is 32.7 Å². The third-order valence-electron chi connectivity index (χ3n) is 2.88. The smallest absolute Gasteiger partial charge is 0.131 e. The highest BCUT2D eigenvalue weighted by molar-refractivity contribution is 5.55. The normalized spacial score (nSPS) is 12.5. The fraction of sp³-hybridized carbons (Fsp3) is 0.571. The Labute approximate surface area is 108 Å². The maximum absolute atomic E-state index is 13.8. The Bertz CT molecular complexity index is 369. The van der Waals surface area contributed by atoms with Crippen molar-refractivity contribution >= 4 is 5.69 Å². The minimum atomic E-state index is -0.817. The molecule has 18 heavy (non-hydrogen) atoms. The maximum atomic E-state index is 13.8. The molecule has 0 unspecified atom stereocenters. The SMILES string of the molecule is CCOCCN(CC)c1cccc(F)c1[C@@H](C)O. The third kappa shape index (κ3) is 3.68. The maximum Gasteiger partial charge on any atom is 0.131 e. The van der Waals surface area contributed by atoms with Crippen LogP contribution in [-0.4, -0.2) is 31.4 Å². The molecule has 0 radical (unpaired) electrons. The minimum absolute atomic E-state index is 0.357. The summed E-state index contributed by atoms with van der Waals surface area (Å²) < 4.78 is 19.1.